The number of thioether (sulfide) groups is 1. The Morgan fingerprint density at radius 1 is 0.972 bits per heavy atom. The third kappa shape index (κ3) is 5.17. The number of ether oxygens (including phenoxy) is 1. The van der Waals surface area contributed by atoms with Crippen LogP contribution in [0.5, 0.6) is 5.75 Å². The van der Waals surface area contributed by atoms with Crippen molar-refractivity contribution >= 4 is 40.3 Å². The predicted octanol–water partition coefficient (Wildman–Crippen LogP) is 6.51. The highest BCUT2D eigenvalue weighted by Gasteiger charge is 2.32. The van der Waals surface area contributed by atoms with Gasteiger partial charge in [0.05, 0.1) is 22.8 Å². The Morgan fingerprint density at radius 3 is 2.36 bits per heavy atom. The van der Waals surface area contributed by atoms with Crippen LogP contribution >= 0.6 is 24.0 Å². The van der Waals surface area contributed by atoms with E-state index in [-0.39, 0.29) is 5.91 Å². The lowest BCUT2D eigenvalue weighted by molar-refractivity contribution is -0.122. The van der Waals surface area contributed by atoms with Gasteiger partial charge < -0.3 is 4.74 Å². The lowest BCUT2D eigenvalue weighted by atomic mass is 10.1. The molecule has 0 bridgehead atoms. The zero-order valence-corrected chi connectivity index (χ0v) is 21.0. The van der Waals surface area contributed by atoms with Crippen molar-refractivity contribution in [3.8, 4) is 22.7 Å². The molecular weight excluding hydrogens is 486 g/mol. The Balaban J connectivity index is 1.50. The number of carbonyl (C=O) groups excluding carboxylic acids is 1. The van der Waals surface area contributed by atoms with Gasteiger partial charge in [-0.1, -0.05) is 85.2 Å². The maximum Gasteiger partial charge on any atom is 0.266 e. The molecular formula is C29H23N3O2S2. The van der Waals surface area contributed by atoms with Crippen LogP contribution in [-0.2, 0) is 11.3 Å². The Morgan fingerprint density at radius 2 is 1.67 bits per heavy atom. The third-order valence-corrected chi connectivity index (χ3v) is 6.98. The van der Waals surface area contributed by atoms with Crippen molar-refractivity contribution in [2.24, 2.45) is 0 Å². The minimum atomic E-state index is -0.0968. The molecule has 0 spiro atoms. The van der Waals surface area contributed by atoms with Gasteiger partial charge in [-0.05, 0) is 48.0 Å². The van der Waals surface area contributed by atoms with E-state index >= 15 is 0 Å². The average Bonchev–Trinajstić information content (AvgIpc) is 3.45. The molecule has 0 unspecified atom stereocenters. The first kappa shape index (κ1) is 23.8. The molecule has 5 rings (SSSR count). The summed E-state index contributed by atoms with van der Waals surface area (Å²) in [5, 5.41) is 4.86. The summed E-state index contributed by atoms with van der Waals surface area (Å²) in [4.78, 5) is 15.5. The molecule has 0 radical (unpaired) electrons. The summed E-state index contributed by atoms with van der Waals surface area (Å²) >= 11 is 6.87. The Hall–Kier alpha value is -3.94. The Bertz CT molecular complexity index is 1430. The summed E-state index contributed by atoms with van der Waals surface area (Å²) in [7, 11) is 0. The van der Waals surface area contributed by atoms with Crippen LogP contribution < -0.4 is 4.74 Å². The number of nitrogens with zero attached hydrogens (tertiary/aromatic N) is 3. The normalized spacial score (nSPS) is 14.4. The zero-order valence-electron chi connectivity index (χ0n) is 19.4. The highest BCUT2D eigenvalue weighted by molar-refractivity contribution is 8.26. The molecule has 1 aliphatic heterocycles. The molecule has 0 atom stereocenters. The average molecular weight is 510 g/mol. The molecule has 0 N–H and O–H groups in total. The van der Waals surface area contributed by atoms with E-state index in [1.807, 2.05) is 102 Å². The van der Waals surface area contributed by atoms with Gasteiger partial charge in [0.25, 0.3) is 5.91 Å². The molecule has 7 heteroatoms. The van der Waals surface area contributed by atoms with Crippen LogP contribution in [0.15, 0.2) is 109 Å². The second-order valence-electron chi connectivity index (χ2n) is 8.09. The van der Waals surface area contributed by atoms with Gasteiger partial charge in [0.1, 0.15) is 16.7 Å². The van der Waals surface area contributed by atoms with Gasteiger partial charge in [0, 0.05) is 17.3 Å². The van der Waals surface area contributed by atoms with Crippen LogP contribution in [0.2, 0.25) is 0 Å². The fraction of sp³-hybridized carbons (Fsp3) is 0.0690. The van der Waals surface area contributed by atoms with Crippen LogP contribution in [0.4, 0.5) is 0 Å². The van der Waals surface area contributed by atoms with Crippen molar-refractivity contribution in [2.75, 3.05) is 6.61 Å². The second-order valence-corrected chi connectivity index (χ2v) is 9.77. The third-order valence-electron chi connectivity index (χ3n) is 5.60. The molecule has 0 saturated carbocycles. The van der Waals surface area contributed by atoms with Gasteiger partial charge in [-0.2, -0.15) is 5.10 Å². The van der Waals surface area contributed by atoms with Crippen molar-refractivity contribution in [2.45, 2.75) is 6.54 Å². The molecule has 0 aliphatic carbocycles. The van der Waals surface area contributed by atoms with Crippen LogP contribution in [0.1, 0.15) is 11.1 Å². The largest absolute Gasteiger partial charge is 0.490 e. The van der Waals surface area contributed by atoms with Crippen LogP contribution in [0.25, 0.3) is 23.0 Å². The number of para-hydroxylation sites is 1. The van der Waals surface area contributed by atoms with Gasteiger partial charge in [-0.15, -0.1) is 0 Å². The van der Waals surface area contributed by atoms with E-state index in [1.165, 1.54) is 11.8 Å². The van der Waals surface area contributed by atoms with Gasteiger partial charge >= 0.3 is 0 Å². The molecule has 1 aromatic heterocycles. The number of carbonyl (C=O) groups is 1. The molecule has 1 saturated heterocycles. The minimum absolute atomic E-state index is 0.0968. The SMILES string of the molecule is C=CCOc1ccc(-c2nn(-c3ccccc3)cc2C=C2SC(=S)N(Cc3ccccc3)C2=O)cc1. The Labute approximate surface area is 219 Å². The summed E-state index contributed by atoms with van der Waals surface area (Å²) in [6.45, 7) is 4.58. The maximum absolute atomic E-state index is 13.3. The van der Waals surface area contributed by atoms with Gasteiger partial charge in [0.15, 0.2) is 0 Å². The number of rotatable bonds is 8. The van der Waals surface area contributed by atoms with E-state index in [0.29, 0.717) is 22.4 Å². The number of aromatic nitrogens is 2. The number of benzene rings is 3. The molecule has 1 fully saturated rings. The fourth-order valence-corrected chi connectivity index (χ4v) is 5.08. The maximum atomic E-state index is 13.3. The van der Waals surface area contributed by atoms with Crippen molar-refractivity contribution in [3.63, 3.8) is 0 Å². The lowest BCUT2D eigenvalue weighted by Gasteiger charge is -2.14. The number of hydrogen-bond donors (Lipinski definition) is 0. The summed E-state index contributed by atoms with van der Waals surface area (Å²) in [6.07, 6.45) is 5.53. The standard InChI is InChI=1S/C29H23N3O2S2/c1-2-17-34-25-15-13-22(14-16-25)27-23(20-32(30-27)24-11-7-4-8-12-24)18-26-28(33)31(29(35)36-26)19-21-9-5-3-6-10-21/h2-16,18,20H,1,17,19H2. The van der Waals surface area contributed by atoms with E-state index < -0.39 is 0 Å². The van der Waals surface area contributed by atoms with Gasteiger partial charge in [-0.3, -0.25) is 9.69 Å². The smallest absolute Gasteiger partial charge is 0.266 e. The topological polar surface area (TPSA) is 47.4 Å². The van der Waals surface area contributed by atoms with E-state index in [4.69, 9.17) is 22.1 Å². The highest BCUT2D eigenvalue weighted by atomic mass is 32.2. The van der Waals surface area contributed by atoms with Crippen LogP contribution in [-0.4, -0.2) is 31.5 Å². The van der Waals surface area contributed by atoms with E-state index in [2.05, 4.69) is 6.58 Å². The van der Waals surface area contributed by atoms with E-state index in [0.717, 1.165) is 33.8 Å². The molecule has 4 aromatic rings. The number of hydrogen-bond acceptors (Lipinski definition) is 5. The molecule has 2 heterocycles. The monoisotopic (exact) mass is 509 g/mol. The number of thiocarbonyl (C=S) groups is 1. The van der Waals surface area contributed by atoms with E-state index in [1.54, 1.807) is 11.0 Å². The molecule has 5 nitrogen and oxygen atoms in total. The van der Waals surface area contributed by atoms with Gasteiger partial charge in [0.2, 0.25) is 0 Å². The second kappa shape index (κ2) is 10.8. The predicted molar refractivity (Wildman–Crippen MR) is 150 cm³/mol. The first-order chi connectivity index (χ1) is 17.6. The van der Waals surface area contributed by atoms with Crippen LogP contribution in [0.3, 0.4) is 0 Å². The molecule has 178 valence electrons. The van der Waals surface area contributed by atoms with Gasteiger partial charge in [-0.25, -0.2) is 4.68 Å². The number of amides is 1. The van der Waals surface area contributed by atoms with Crippen molar-refractivity contribution in [3.05, 3.63) is 120 Å². The molecule has 36 heavy (non-hydrogen) atoms. The minimum Gasteiger partial charge on any atom is -0.490 e. The highest BCUT2D eigenvalue weighted by Crippen LogP contribution is 2.36. The molecule has 3 aromatic carbocycles. The van der Waals surface area contributed by atoms with Crippen LogP contribution in [0, 0.1) is 0 Å². The van der Waals surface area contributed by atoms with Crippen molar-refractivity contribution in [1.29, 1.82) is 0 Å². The summed E-state index contributed by atoms with van der Waals surface area (Å²) < 4.78 is 8.00. The summed E-state index contributed by atoms with van der Waals surface area (Å²) in [6, 6.07) is 27.5. The first-order valence-corrected chi connectivity index (χ1v) is 12.6. The summed E-state index contributed by atoms with van der Waals surface area (Å²) in [5.74, 6) is 0.657. The first-order valence-electron chi connectivity index (χ1n) is 11.4. The van der Waals surface area contributed by atoms with Crippen molar-refractivity contribution < 1.29 is 9.53 Å². The zero-order chi connectivity index (χ0) is 24.9. The quantitative estimate of drug-likeness (QED) is 0.154. The van der Waals surface area contributed by atoms with Crippen molar-refractivity contribution in [1.82, 2.24) is 14.7 Å². The summed E-state index contributed by atoms with van der Waals surface area (Å²) in [5.41, 5.74) is 4.48. The Kier molecular flexibility index (Phi) is 7.11. The molecule has 1 aliphatic rings. The molecule has 1 amide bonds. The van der Waals surface area contributed by atoms with E-state index in [9.17, 15) is 4.79 Å². The lowest BCUT2D eigenvalue weighted by Crippen LogP contribution is -2.27. The fourth-order valence-electron chi connectivity index (χ4n) is 3.84.